The molecule has 0 saturated heterocycles. The fourth-order valence-electron chi connectivity index (χ4n) is 4.65. The summed E-state index contributed by atoms with van der Waals surface area (Å²) in [6.07, 6.45) is 7.28. The Morgan fingerprint density at radius 1 is 1.13 bits per heavy atom. The highest BCUT2D eigenvalue weighted by molar-refractivity contribution is 5.83. The maximum atomic E-state index is 12.0. The van der Waals surface area contributed by atoms with Crippen LogP contribution < -0.4 is 5.32 Å². The zero-order valence-electron chi connectivity index (χ0n) is 9.04. The van der Waals surface area contributed by atoms with Crippen molar-refractivity contribution in [2.75, 3.05) is 6.73 Å². The Morgan fingerprint density at radius 3 is 2.00 bits per heavy atom. The average molecular weight is 209 g/mol. The molecule has 0 radical (unpaired) electrons. The summed E-state index contributed by atoms with van der Waals surface area (Å²) in [7, 11) is 0. The average Bonchev–Trinajstić information content (AvgIpc) is 2.15. The monoisotopic (exact) mass is 209 g/mol. The second kappa shape index (κ2) is 3.21. The number of carbonyl (C=O) groups excluding carboxylic acids is 1. The van der Waals surface area contributed by atoms with Gasteiger partial charge in [0.2, 0.25) is 5.91 Å². The van der Waals surface area contributed by atoms with Gasteiger partial charge in [0, 0.05) is 0 Å². The molecule has 0 spiro atoms. The first-order valence-electron chi connectivity index (χ1n) is 6.11. The van der Waals surface area contributed by atoms with Crippen LogP contribution in [0.25, 0.3) is 0 Å². The van der Waals surface area contributed by atoms with Crippen LogP contribution in [0.3, 0.4) is 0 Å². The molecule has 4 aliphatic carbocycles. The van der Waals surface area contributed by atoms with Crippen molar-refractivity contribution in [1.82, 2.24) is 5.32 Å². The number of rotatable bonds is 2. The predicted molar refractivity (Wildman–Crippen MR) is 55.8 cm³/mol. The minimum Gasteiger partial charge on any atom is -0.377 e. The second-order valence-corrected chi connectivity index (χ2v) is 5.86. The minimum atomic E-state index is -0.208. The molecule has 0 heterocycles. The largest absolute Gasteiger partial charge is 0.377 e. The fraction of sp³-hybridized carbons (Fsp3) is 0.917. The number of hydrogen-bond acceptors (Lipinski definition) is 2. The van der Waals surface area contributed by atoms with Gasteiger partial charge in [0.05, 0.1) is 5.41 Å². The molecule has 4 fully saturated rings. The van der Waals surface area contributed by atoms with Gasteiger partial charge in [0.15, 0.2) is 0 Å². The summed E-state index contributed by atoms with van der Waals surface area (Å²) in [5, 5.41) is 11.4. The standard InChI is InChI=1S/C12H19NO2/c14-7-13-11(15)12-4-8-1-9(5-12)3-10(2-8)6-12/h8-10,14H,1-7H2,(H,13,15). The maximum absolute atomic E-state index is 12.0. The van der Waals surface area contributed by atoms with Crippen molar-refractivity contribution in [1.29, 1.82) is 0 Å². The van der Waals surface area contributed by atoms with E-state index < -0.39 is 0 Å². The van der Waals surface area contributed by atoms with Gasteiger partial charge in [0.25, 0.3) is 0 Å². The number of nitrogens with one attached hydrogen (secondary N) is 1. The molecular weight excluding hydrogens is 190 g/mol. The lowest BCUT2D eigenvalue weighted by molar-refractivity contribution is -0.147. The van der Waals surface area contributed by atoms with Gasteiger partial charge in [-0.2, -0.15) is 0 Å². The van der Waals surface area contributed by atoms with Crippen LogP contribution in [0.2, 0.25) is 0 Å². The molecule has 0 atom stereocenters. The summed E-state index contributed by atoms with van der Waals surface area (Å²) in [5.41, 5.74) is -0.0997. The van der Waals surface area contributed by atoms with Crippen LogP contribution in [0.5, 0.6) is 0 Å². The number of amides is 1. The van der Waals surface area contributed by atoms with Crippen LogP contribution in [0.1, 0.15) is 38.5 Å². The molecule has 0 unspecified atom stereocenters. The normalized spacial score (nSPS) is 46.9. The number of carbonyl (C=O) groups is 1. The Hall–Kier alpha value is -0.570. The summed E-state index contributed by atoms with van der Waals surface area (Å²) in [4.78, 5) is 12.0. The summed E-state index contributed by atoms with van der Waals surface area (Å²) in [5.74, 6) is 2.49. The molecule has 1 amide bonds. The summed E-state index contributed by atoms with van der Waals surface area (Å²) >= 11 is 0. The highest BCUT2D eigenvalue weighted by Crippen LogP contribution is 2.59. The SMILES string of the molecule is O=C(NCO)C12CC3CC(CC(C3)C1)C2. The van der Waals surface area contributed by atoms with Crippen molar-refractivity contribution >= 4 is 5.91 Å². The van der Waals surface area contributed by atoms with Crippen LogP contribution in [-0.4, -0.2) is 17.7 Å². The van der Waals surface area contributed by atoms with E-state index in [1.807, 2.05) is 0 Å². The molecule has 4 aliphatic rings. The smallest absolute Gasteiger partial charge is 0.228 e. The molecule has 3 nitrogen and oxygen atoms in total. The Labute approximate surface area is 90.2 Å². The van der Waals surface area contributed by atoms with E-state index in [9.17, 15) is 4.79 Å². The Kier molecular flexibility index (Phi) is 2.06. The predicted octanol–water partition coefficient (Wildman–Crippen LogP) is 1.27. The topological polar surface area (TPSA) is 49.3 Å². The first kappa shape index (κ1) is 9.64. The highest BCUT2D eigenvalue weighted by Gasteiger charge is 2.54. The maximum Gasteiger partial charge on any atom is 0.228 e. The molecule has 0 aliphatic heterocycles. The Bertz CT molecular complexity index is 252. The summed E-state index contributed by atoms with van der Waals surface area (Å²) < 4.78 is 0. The molecular formula is C12H19NO2. The number of hydrogen-bond donors (Lipinski definition) is 2. The molecule has 0 aromatic carbocycles. The second-order valence-electron chi connectivity index (χ2n) is 5.86. The lowest BCUT2D eigenvalue weighted by Gasteiger charge is -2.55. The highest BCUT2D eigenvalue weighted by atomic mass is 16.3. The van der Waals surface area contributed by atoms with Crippen molar-refractivity contribution in [3.05, 3.63) is 0 Å². The fourth-order valence-corrected chi connectivity index (χ4v) is 4.65. The third kappa shape index (κ3) is 1.40. The van der Waals surface area contributed by atoms with E-state index >= 15 is 0 Å². The van der Waals surface area contributed by atoms with E-state index in [2.05, 4.69) is 5.32 Å². The Balaban J connectivity index is 1.83. The van der Waals surface area contributed by atoms with Gasteiger partial charge in [-0.3, -0.25) is 4.79 Å². The molecule has 4 rings (SSSR count). The summed E-state index contributed by atoms with van der Waals surface area (Å²) in [6, 6.07) is 0. The van der Waals surface area contributed by atoms with Crippen molar-refractivity contribution in [3.8, 4) is 0 Å². The van der Waals surface area contributed by atoms with Gasteiger partial charge in [-0.15, -0.1) is 0 Å². The van der Waals surface area contributed by atoms with E-state index in [1.54, 1.807) is 0 Å². The van der Waals surface area contributed by atoms with Crippen molar-refractivity contribution in [2.45, 2.75) is 38.5 Å². The van der Waals surface area contributed by atoms with Gasteiger partial charge < -0.3 is 10.4 Å². The molecule has 84 valence electrons. The Morgan fingerprint density at radius 2 is 1.60 bits per heavy atom. The summed E-state index contributed by atoms with van der Waals surface area (Å²) in [6.45, 7) is -0.208. The van der Waals surface area contributed by atoms with Crippen molar-refractivity contribution < 1.29 is 9.90 Å². The third-order valence-electron chi connectivity index (χ3n) is 4.76. The zero-order valence-corrected chi connectivity index (χ0v) is 9.04. The lowest BCUT2D eigenvalue weighted by atomic mass is 9.49. The first-order valence-corrected chi connectivity index (χ1v) is 6.11. The van der Waals surface area contributed by atoms with E-state index in [0.29, 0.717) is 0 Å². The van der Waals surface area contributed by atoms with Gasteiger partial charge in [0.1, 0.15) is 6.73 Å². The molecule has 0 aromatic heterocycles. The molecule has 0 aromatic rings. The van der Waals surface area contributed by atoms with Gasteiger partial charge in [-0.25, -0.2) is 0 Å². The molecule has 4 saturated carbocycles. The van der Waals surface area contributed by atoms with E-state index in [-0.39, 0.29) is 18.1 Å². The lowest BCUT2D eigenvalue weighted by Crippen LogP contribution is -2.53. The quantitative estimate of drug-likeness (QED) is 0.673. The van der Waals surface area contributed by atoms with Gasteiger partial charge in [-0.1, -0.05) is 0 Å². The van der Waals surface area contributed by atoms with Crippen LogP contribution in [0.4, 0.5) is 0 Å². The molecule has 3 heteroatoms. The molecule has 2 N–H and O–H groups in total. The van der Waals surface area contributed by atoms with E-state index in [4.69, 9.17) is 5.11 Å². The molecule has 4 bridgehead atoms. The number of aliphatic hydroxyl groups is 1. The van der Waals surface area contributed by atoms with Crippen LogP contribution >= 0.6 is 0 Å². The van der Waals surface area contributed by atoms with E-state index in [0.717, 1.165) is 37.0 Å². The van der Waals surface area contributed by atoms with Gasteiger partial charge in [-0.05, 0) is 56.3 Å². The minimum absolute atomic E-state index is 0.0997. The van der Waals surface area contributed by atoms with Crippen LogP contribution in [0, 0.1) is 23.2 Å². The van der Waals surface area contributed by atoms with Crippen LogP contribution in [-0.2, 0) is 4.79 Å². The first-order chi connectivity index (χ1) is 7.22. The van der Waals surface area contributed by atoms with E-state index in [1.165, 1.54) is 19.3 Å². The third-order valence-corrected chi connectivity index (χ3v) is 4.76. The zero-order chi connectivity index (χ0) is 10.5. The van der Waals surface area contributed by atoms with Crippen molar-refractivity contribution in [3.63, 3.8) is 0 Å². The molecule has 15 heavy (non-hydrogen) atoms. The van der Waals surface area contributed by atoms with Crippen molar-refractivity contribution in [2.24, 2.45) is 23.2 Å². The van der Waals surface area contributed by atoms with Gasteiger partial charge >= 0.3 is 0 Å². The number of aliphatic hydroxyl groups excluding tert-OH is 1. The van der Waals surface area contributed by atoms with Crippen LogP contribution in [0.15, 0.2) is 0 Å².